The quantitative estimate of drug-likeness (QED) is 0.760. The zero-order valence-corrected chi connectivity index (χ0v) is 15.0. The van der Waals surface area contributed by atoms with Crippen LogP contribution < -0.4 is 10.9 Å². The molecular formula is C17H17N3O2S2. The summed E-state index contributed by atoms with van der Waals surface area (Å²) in [5.74, 6) is 0.788. The van der Waals surface area contributed by atoms with Crippen LogP contribution in [0.3, 0.4) is 0 Å². The third-order valence-corrected chi connectivity index (χ3v) is 5.36. The number of thioether (sulfide) groups is 1. The van der Waals surface area contributed by atoms with Gasteiger partial charge in [0.05, 0.1) is 11.4 Å². The minimum Gasteiger partial charge on any atom is -0.325 e. The van der Waals surface area contributed by atoms with Gasteiger partial charge in [-0.2, -0.15) is 0 Å². The van der Waals surface area contributed by atoms with E-state index in [1.807, 2.05) is 43.5 Å². The predicted molar refractivity (Wildman–Crippen MR) is 100 cm³/mol. The number of hydrogen-bond donors (Lipinski definition) is 1. The maximum absolute atomic E-state index is 12.1. The number of nitrogens with zero attached hydrogens (tertiary/aromatic N) is 2. The molecule has 2 heterocycles. The summed E-state index contributed by atoms with van der Waals surface area (Å²) in [5.41, 5.74) is 3.47. The van der Waals surface area contributed by atoms with Crippen molar-refractivity contribution in [3.63, 3.8) is 0 Å². The van der Waals surface area contributed by atoms with Crippen LogP contribution in [0.2, 0.25) is 0 Å². The van der Waals surface area contributed by atoms with Gasteiger partial charge < -0.3 is 5.32 Å². The van der Waals surface area contributed by atoms with Crippen molar-refractivity contribution in [1.29, 1.82) is 0 Å². The molecular weight excluding hydrogens is 342 g/mol. The van der Waals surface area contributed by atoms with Crippen LogP contribution in [0.15, 0.2) is 40.5 Å². The minimum absolute atomic E-state index is 0.0615. The number of amides is 1. The van der Waals surface area contributed by atoms with Crippen molar-refractivity contribution < 1.29 is 4.79 Å². The van der Waals surface area contributed by atoms with Crippen molar-refractivity contribution in [2.75, 3.05) is 11.1 Å². The molecule has 0 bridgehead atoms. The highest BCUT2D eigenvalue weighted by Crippen LogP contribution is 2.15. The van der Waals surface area contributed by atoms with Crippen molar-refractivity contribution >= 4 is 39.7 Å². The van der Waals surface area contributed by atoms with Gasteiger partial charge in [-0.25, -0.2) is 4.98 Å². The van der Waals surface area contributed by atoms with Gasteiger partial charge in [0.25, 0.3) is 5.56 Å². The first-order valence-electron chi connectivity index (χ1n) is 7.44. The molecule has 1 aromatic carbocycles. The first-order valence-corrected chi connectivity index (χ1v) is 9.47. The van der Waals surface area contributed by atoms with Gasteiger partial charge in [-0.1, -0.05) is 17.7 Å². The molecule has 1 amide bonds. The molecule has 0 fully saturated rings. The topological polar surface area (TPSA) is 63.5 Å². The number of anilines is 1. The molecule has 0 aliphatic rings. The number of benzene rings is 1. The smallest absolute Gasteiger partial charge is 0.258 e. The average Bonchev–Trinajstić information content (AvgIpc) is 2.91. The van der Waals surface area contributed by atoms with E-state index in [1.165, 1.54) is 29.2 Å². The molecule has 124 valence electrons. The Balaban J connectivity index is 1.57. The first-order chi connectivity index (χ1) is 11.5. The molecule has 0 atom stereocenters. The Bertz CT molecular complexity index is 929. The van der Waals surface area contributed by atoms with E-state index in [1.54, 1.807) is 4.40 Å². The molecule has 24 heavy (non-hydrogen) atoms. The van der Waals surface area contributed by atoms with E-state index in [9.17, 15) is 9.59 Å². The summed E-state index contributed by atoms with van der Waals surface area (Å²) in [6.07, 6.45) is 0. The van der Waals surface area contributed by atoms with Crippen molar-refractivity contribution in [1.82, 2.24) is 9.38 Å². The lowest BCUT2D eigenvalue weighted by Gasteiger charge is -2.05. The standard InChI is InChI=1S/C17H17N3O2S2/c1-11-3-5-13(6-4-11)18-15(21)10-23-9-14-7-16(22)20-12(2)8-24-17(20)19-14/h3-8H,9-10H2,1-2H3,(H,18,21). The van der Waals surface area contributed by atoms with Crippen molar-refractivity contribution in [2.24, 2.45) is 0 Å². The largest absolute Gasteiger partial charge is 0.325 e. The monoisotopic (exact) mass is 359 g/mol. The summed E-state index contributed by atoms with van der Waals surface area (Å²) >= 11 is 2.89. The number of thiazole rings is 1. The van der Waals surface area contributed by atoms with Crippen LogP contribution in [0.5, 0.6) is 0 Å². The lowest BCUT2D eigenvalue weighted by Crippen LogP contribution is -2.16. The van der Waals surface area contributed by atoms with E-state index in [2.05, 4.69) is 10.3 Å². The number of hydrogen-bond acceptors (Lipinski definition) is 5. The van der Waals surface area contributed by atoms with Crippen LogP contribution in [0.4, 0.5) is 5.69 Å². The molecule has 0 unspecified atom stereocenters. The van der Waals surface area contributed by atoms with Crippen molar-refractivity contribution in [3.8, 4) is 0 Å². The van der Waals surface area contributed by atoms with E-state index in [-0.39, 0.29) is 11.5 Å². The summed E-state index contributed by atoms with van der Waals surface area (Å²) in [6, 6.07) is 9.22. The summed E-state index contributed by atoms with van der Waals surface area (Å²) in [4.78, 5) is 29.2. The number of aromatic nitrogens is 2. The molecule has 3 rings (SSSR count). The lowest BCUT2D eigenvalue weighted by molar-refractivity contribution is -0.113. The molecule has 0 radical (unpaired) electrons. The van der Waals surface area contributed by atoms with Gasteiger partial charge in [-0.3, -0.25) is 14.0 Å². The normalized spacial score (nSPS) is 10.9. The van der Waals surface area contributed by atoms with Gasteiger partial charge in [0.2, 0.25) is 5.91 Å². The molecule has 0 saturated heterocycles. The summed E-state index contributed by atoms with van der Waals surface area (Å²) < 4.78 is 1.60. The van der Waals surface area contributed by atoms with Gasteiger partial charge in [-0.15, -0.1) is 23.1 Å². The van der Waals surface area contributed by atoms with Gasteiger partial charge in [0, 0.05) is 28.6 Å². The number of carbonyl (C=O) groups is 1. The van der Waals surface area contributed by atoms with Crippen LogP contribution >= 0.6 is 23.1 Å². The highest BCUT2D eigenvalue weighted by atomic mass is 32.2. The van der Waals surface area contributed by atoms with Crippen molar-refractivity contribution in [3.05, 3.63) is 63.0 Å². The maximum atomic E-state index is 12.1. The van der Waals surface area contributed by atoms with E-state index in [4.69, 9.17) is 0 Å². The van der Waals surface area contributed by atoms with E-state index in [0.717, 1.165) is 16.9 Å². The summed E-state index contributed by atoms with van der Waals surface area (Å²) in [5, 5.41) is 4.77. The number of nitrogens with one attached hydrogen (secondary N) is 1. The molecule has 0 aliphatic heterocycles. The van der Waals surface area contributed by atoms with Gasteiger partial charge in [0.1, 0.15) is 0 Å². The molecule has 0 aliphatic carbocycles. The molecule has 3 aromatic rings. The minimum atomic E-state index is -0.0709. The number of aryl methyl sites for hydroxylation is 2. The fourth-order valence-corrected chi connectivity index (χ4v) is 3.86. The molecule has 2 aromatic heterocycles. The number of fused-ring (bicyclic) bond motifs is 1. The van der Waals surface area contributed by atoms with Gasteiger partial charge >= 0.3 is 0 Å². The fourth-order valence-electron chi connectivity index (χ4n) is 2.26. The predicted octanol–water partition coefficient (Wildman–Crippen LogP) is 3.24. The molecule has 7 heteroatoms. The molecule has 0 spiro atoms. The van der Waals surface area contributed by atoms with Gasteiger partial charge in [0.15, 0.2) is 4.96 Å². The first kappa shape index (κ1) is 16.7. The maximum Gasteiger partial charge on any atom is 0.258 e. The number of carbonyl (C=O) groups excluding carboxylic acids is 1. The Morgan fingerprint density at radius 1 is 1.29 bits per heavy atom. The van der Waals surface area contributed by atoms with Crippen LogP contribution in [-0.4, -0.2) is 21.0 Å². The van der Waals surface area contributed by atoms with Gasteiger partial charge in [-0.05, 0) is 26.0 Å². The summed E-state index contributed by atoms with van der Waals surface area (Å²) in [7, 11) is 0. The Morgan fingerprint density at radius 3 is 2.79 bits per heavy atom. The van der Waals surface area contributed by atoms with Crippen LogP contribution in [0.1, 0.15) is 17.0 Å². The highest BCUT2D eigenvalue weighted by Gasteiger charge is 2.08. The van der Waals surface area contributed by atoms with E-state index in [0.29, 0.717) is 22.2 Å². The van der Waals surface area contributed by atoms with Crippen LogP contribution in [0.25, 0.3) is 4.96 Å². The molecule has 1 N–H and O–H groups in total. The lowest BCUT2D eigenvalue weighted by atomic mass is 10.2. The third kappa shape index (κ3) is 3.85. The number of rotatable bonds is 5. The Hall–Kier alpha value is -2.12. The van der Waals surface area contributed by atoms with Crippen LogP contribution in [0, 0.1) is 13.8 Å². The molecule has 0 saturated carbocycles. The SMILES string of the molecule is Cc1ccc(NC(=O)CSCc2cc(=O)n3c(C)csc3n2)cc1. The second-order valence-corrected chi connectivity index (χ2v) is 7.31. The second-order valence-electron chi connectivity index (χ2n) is 5.49. The Morgan fingerprint density at radius 2 is 2.04 bits per heavy atom. The fraction of sp³-hybridized carbons (Fsp3) is 0.235. The Kier molecular flexibility index (Phi) is 5.01. The molecule has 5 nitrogen and oxygen atoms in total. The Labute approximate surface area is 147 Å². The summed E-state index contributed by atoms with van der Waals surface area (Å²) in [6.45, 7) is 3.89. The second kappa shape index (κ2) is 7.19. The van der Waals surface area contributed by atoms with E-state index >= 15 is 0 Å². The average molecular weight is 359 g/mol. The zero-order chi connectivity index (χ0) is 17.1. The third-order valence-electron chi connectivity index (χ3n) is 3.45. The van der Waals surface area contributed by atoms with Crippen LogP contribution in [-0.2, 0) is 10.5 Å². The van der Waals surface area contributed by atoms with E-state index < -0.39 is 0 Å². The van der Waals surface area contributed by atoms with Crippen molar-refractivity contribution in [2.45, 2.75) is 19.6 Å². The highest BCUT2D eigenvalue weighted by molar-refractivity contribution is 7.99. The zero-order valence-electron chi connectivity index (χ0n) is 13.4.